The zero-order chi connectivity index (χ0) is 14.5. The summed E-state index contributed by atoms with van der Waals surface area (Å²) in [7, 11) is 0. The lowest BCUT2D eigenvalue weighted by Gasteiger charge is -2.15. The van der Waals surface area contributed by atoms with Crippen LogP contribution in [0.25, 0.3) is 11.0 Å². The van der Waals surface area contributed by atoms with Crippen molar-refractivity contribution in [1.82, 2.24) is 20.0 Å². The number of fused-ring (bicyclic) bond motifs is 1. The highest BCUT2D eigenvalue weighted by Gasteiger charge is 2.14. The van der Waals surface area contributed by atoms with Crippen molar-refractivity contribution in [1.29, 1.82) is 0 Å². The Bertz CT molecular complexity index is 650. The molecule has 0 saturated heterocycles. The number of aromatic amines is 2. The molecule has 2 rings (SSSR count). The van der Waals surface area contributed by atoms with Gasteiger partial charge in [0.15, 0.2) is 5.39 Å². The minimum absolute atomic E-state index is 0. The zero-order valence-electron chi connectivity index (χ0n) is 12.0. The summed E-state index contributed by atoms with van der Waals surface area (Å²) in [5, 5.41) is 3.29. The molecule has 0 aliphatic rings. The lowest BCUT2D eigenvalue weighted by atomic mass is 10.4. The largest absolute Gasteiger partial charge is 0.402 e. The summed E-state index contributed by atoms with van der Waals surface area (Å²) in [6.07, 6.45) is 2.88. The predicted molar refractivity (Wildman–Crippen MR) is 78.0 cm³/mol. The van der Waals surface area contributed by atoms with Crippen LogP contribution in [0.3, 0.4) is 0 Å². The lowest BCUT2D eigenvalue weighted by molar-refractivity contribution is -0.775. The molecule has 0 atom stereocenters. The second-order valence-corrected chi connectivity index (χ2v) is 4.31. The second kappa shape index (κ2) is 7.75. The molecule has 2 aromatic heterocycles. The highest BCUT2D eigenvalue weighted by atomic mass is 35.5. The van der Waals surface area contributed by atoms with Gasteiger partial charge in [-0.3, -0.25) is 14.5 Å². The number of hydrogen-bond acceptors (Lipinski definition) is 5. The van der Waals surface area contributed by atoms with E-state index in [2.05, 4.69) is 15.1 Å². The number of rotatable bonds is 6. The fourth-order valence-electron chi connectivity index (χ4n) is 1.83. The number of esters is 1. The fraction of sp³-hybridized carbons (Fsp3) is 0.500. The van der Waals surface area contributed by atoms with Gasteiger partial charge in [-0.2, -0.15) is 0 Å². The van der Waals surface area contributed by atoms with Crippen molar-refractivity contribution >= 4 is 29.4 Å². The van der Waals surface area contributed by atoms with E-state index in [0.29, 0.717) is 11.0 Å². The Morgan fingerprint density at radius 3 is 2.76 bits per heavy atom. The average Bonchev–Trinajstić information content (AvgIpc) is 2.87. The van der Waals surface area contributed by atoms with Crippen LogP contribution in [0.15, 0.2) is 17.3 Å². The van der Waals surface area contributed by atoms with Crippen molar-refractivity contribution in [3.05, 3.63) is 22.9 Å². The molecule has 0 aliphatic heterocycles. The summed E-state index contributed by atoms with van der Waals surface area (Å²) in [4.78, 5) is 31.6. The molecule has 2 N–H and O–H groups in total. The van der Waals surface area contributed by atoms with Crippen molar-refractivity contribution in [2.75, 3.05) is 19.6 Å². The van der Waals surface area contributed by atoms with E-state index in [-0.39, 0.29) is 37.2 Å². The molecular weight excluding hydrogens is 298 g/mol. The maximum atomic E-state index is 11.7. The Kier molecular flexibility index (Phi) is 6.32. The average molecular weight is 317 g/mol. The Labute approximate surface area is 127 Å². The number of carbonyl (C=O) groups excluding carboxylic acids is 1. The van der Waals surface area contributed by atoms with E-state index in [1.165, 1.54) is 11.0 Å². The van der Waals surface area contributed by atoms with Gasteiger partial charge in [0.1, 0.15) is 0 Å². The zero-order valence-corrected chi connectivity index (χ0v) is 12.8. The molecule has 21 heavy (non-hydrogen) atoms. The molecule has 2 heterocycles. The van der Waals surface area contributed by atoms with Crippen LogP contribution in [0.1, 0.15) is 13.8 Å². The van der Waals surface area contributed by atoms with E-state index in [1.54, 1.807) is 6.20 Å². The quantitative estimate of drug-likeness (QED) is 0.568. The first-order valence-electron chi connectivity index (χ1n) is 6.47. The SMILES string of the molecule is CCN(CC)CC(=O)OC[n+]1cc2c(=O)[nH]cnc2[nH]1.Cl. The molecule has 0 radical (unpaired) electrons. The minimum Gasteiger partial charge on any atom is -0.402 e. The molecule has 0 saturated carbocycles. The summed E-state index contributed by atoms with van der Waals surface area (Å²) >= 11 is 0. The molecule has 0 fully saturated rings. The number of nitrogens with one attached hydrogen (secondary N) is 2. The molecule has 0 unspecified atom stereocenters. The molecule has 0 bridgehead atoms. The number of H-pyrrole nitrogens is 2. The van der Waals surface area contributed by atoms with Crippen LogP contribution < -0.4 is 10.2 Å². The minimum atomic E-state index is -0.304. The van der Waals surface area contributed by atoms with E-state index in [9.17, 15) is 9.59 Å². The summed E-state index contributed by atoms with van der Waals surface area (Å²) in [5.74, 6) is -0.304. The monoisotopic (exact) mass is 316 g/mol. The van der Waals surface area contributed by atoms with Gasteiger partial charge >= 0.3 is 12.7 Å². The van der Waals surface area contributed by atoms with Crippen LogP contribution in [0, 0.1) is 0 Å². The van der Waals surface area contributed by atoms with Gasteiger partial charge in [0.05, 0.1) is 12.9 Å². The molecule has 8 nitrogen and oxygen atoms in total. The van der Waals surface area contributed by atoms with Crippen LogP contribution in [0.4, 0.5) is 0 Å². The van der Waals surface area contributed by atoms with Crippen LogP contribution in [0.5, 0.6) is 0 Å². The molecule has 2 aromatic rings. The Hall–Kier alpha value is -1.93. The summed E-state index contributed by atoms with van der Waals surface area (Å²) < 4.78 is 6.65. The van der Waals surface area contributed by atoms with Gasteiger partial charge in [0.25, 0.3) is 5.56 Å². The van der Waals surface area contributed by atoms with Crippen molar-refractivity contribution in [2.24, 2.45) is 0 Å². The molecule has 0 amide bonds. The maximum Gasteiger partial charge on any atom is 0.325 e. The van der Waals surface area contributed by atoms with Gasteiger partial charge in [0, 0.05) is 0 Å². The first-order chi connectivity index (χ1) is 9.63. The summed E-state index contributed by atoms with van der Waals surface area (Å²) in [6.45, 7) is 5.85. The number of carbonyl (C=O) groups is 1. The lowest BCUT2D eigenvalue weighted by Crippen LogP contribution is -2.39. The molecular formula is C12H19ClN5O3+. The molecule has 0 spiro atoms. The highest BCUT2D eigenvalue weighted by Crippen LogP contribution is 1.97. The molecule has 9 heteroatoms. The smallest absolute Gasteiger partial charge is 0.325 e. The number of aromatic nitrogens is 4. The van der Waals surface area contributed by atoms with Gasteiger partial charge in [-0.1, -0.05) is 18.5 Å². The summed E-state index contributed by atoms with van der Waals surface area (Å²) in [6, 6.07) is 0. The highest BCUT2D eigenvalue weighted by molar-refractivity contribution is 5.85. The number of hydrogen-bond donors (Lipinski definition) is 2. The van der Waals surface area contributed by atoms with E-state index >= 15 is 0 Å². The first-order valence-corrected chi connectivity index (χ1v) is 6.47. The van der Waals surface area contributed by atoms with Crippen molar-refractivity contribution in [3.63, 3.8) is 0 Å². The molecule has 0 aromatic carbocycles. The van der Waals surface area contributed by atoms with E-state index in [1.807, 2.05) is 18.7 Å². The third-order valence-corrected chi connectivity index (χ3v) is 3.04. The number of likely N-dealkylation sites (N-methyl/N-ethyl adjacent to an activating group) is 1. The normalized spacial score (nSPS) is 10.6. The van der Waals surface area contributed by atoms with Gasteiger partial charge in [-0.15, -0.1) is 17.5 Å². The van der Waals surface area contributed by atoms with Crippen LogP contribution in [0.2, 0.25) is 0 Å². The number of ether oxygens (including phenoxy) is 1. The van der Waals surface area contributed by atoms with Crippen molar-refractivity contribution in [2.45, 2.75) is 20.6 Å². The van der Waals surface area contributed by atoms with Gasteiger partial charge < -0.3 is 9.72 Å². The van der Waals surface area contributed by atoms with Gasteiger partial charge in [-0.25, -0.2) is 4.98 Å². The Morgan fingerprint density at radius 2 is 2.14 bits per heavy atom. The Balaban J connectivity index is 0.00000220. The van der Waals surface area contributed by atoms with Crippen LogP contribution >= 0.6 is 12.4 Å². The molecule has 0 aliphatic carbocycles. The number of nitrogens with zero attached hydrogens (tertiary/aromatic N) is 3. The third kappa shape index (κ3) is 4.27. The standard InChI is InChI=1S/C12H17N5O3.ClH/c1-3-16(4-2)6-10(18)20-8-17-5-9-11(15-17)13-7-14-12(9)19;/h5,7H,3-4,6,8H2,1-2H3,(H,13,14,15,19);1H/p+1. The number of halogens is 1. The predicted octanol–water partition coefficient (Wildman–Crippen LogP) is -0.197. The second-order valence-electron chi connectivity index (χ2n) is 4.31. The third-order valence-electron chi connectivity index (χ3n) is 3.04. The van der Waals surface area contributed by atoms with E-state index in [4.69, 9.17) is 4.74 Å². The van der Waals surface area contributed by atoms with Crippen LogP contribution in [-0.4, -0.2) is 45.6 Å². The topological polar surface area (TPSA) is 95.0 Å². The Morgan fingerprint density at radius 1 is 1.43 bits per heavy atom. The fourth-order valence-corrected chi connectivity index (χ4v) is 1.83. The van der Waals surface area contributed by atoms with Gasteiger partial charge in [-0.05, 0) is 13.1 Å². The van der Waals surface area contributed by atoms with Crippen molar-refractivity contribution < 1.29 is 14.2 Å². The van der Waals surface area contributed by atoms with E-state index < -0.39 is 0 Å². The maximum absolute atomic E-state index is 11.7. The molecule has 116 valence electrons. The first kappa shape index (κ1) is 17.1. The van der Waals surface area contributed by atoms with E-state index in [0.717, 1.165) is 13.1 Å². The summed E-state index contributed by atoms with van der Waals surface area (Å²) in [5.41, 5.74) is 0.216. The van der Waals surface area contributed by atoms with Crippen molar-refractivity contribution in [3.8, 4) is 0 Å². The van der Waals surface area contributed by atoms with Crippen LogP contribution in [-0.2, 0) is 16.3 Å². The van der Waals surface area contributed by atoms with Gasteiger partial charge in [0.2, 0.25) is 11.8 Å².